The molecular weight excluding hydrogens is 531 g/mol. The number of para-hydroxylation sites is 1. The van der Waals surface area contributed by atoms with E-state index in [1.807, 2.05) is 37.3 Å². The molecule has 2 N–H and O–H groups in total. The maximum atomic E-state index is 14.1. The van der Waals surface area contributed by atoms with E-state index in [-0.39, 0.29) is 12.4 Å². The van der Waals surface area contributed by atoms with Crippen LogP contribution >= 0.6 is 0 Å². The van der Waals surface area contributed by atoms with Crippen molar-refractivity contribution in [3.8, 4) is 28.4 Å². The van der Waals surface area contributed by atoms with Crippen molar-refractivity contribution in [2.75, 3.05) is 24.3 Å². The van der Waals surface area contributed by atoms with Crippen LogP contribution in [-0.2, 0) is 6.61 Å². The second-order valence-corrected chi connectivity index (χ2v) is 9.78. The first-order valence-electron chi connectivity index (χ1n) is 14.0. The van der Waals surface area contributed by atoms with E-state index in [1.54, 1.807) is 37.4 Å². The van der Waals surface area contributed by atoms with Gasteiger partial charge in [-0.2, -0.15) is 0 Å². The molecule has 4 aromatic rings. The quantitative estimate of drug-likeness (QED) is 0.189. The molecule has 0 aliphatic carbocycles. The second-order valence-electron chi connectivity index (χ2n) is 9.78. The van der Waals surface area contributed by atoms with Gasteiger partial charge in [0, 0.05) is 46.7 Å². The lowest BCUT2D eigenvalue weighted by atomic mass is 9.90. The van der Waals surface area contributed by atoms with Crippen LogP contribution in [0.15, 0.2) is 84.9 Å². The van der Waals surface area contributed by atoms with Gasteiger partial charge >= 0.3 is 6.09 Å². The fourth-order valence-corrected chi connectivity index (χ4v) is 4.86. The fourth-order valence-electron chi connectivity index (χ4n) is 4.86. The van der Waals surface area contributed by atoms with Gasteiger partial charge in [-0.05, 0) is 80.3 Å². The van der Waals surface area contributed by atoms with Crippen molar-refractivity contribution in [1.82, 2.24) is 0 Å². The van der Waals surface area contributed by atoms with Gasteiger partial charge < -0.3 is 19.5 Å². The minimum atomic E-state index is -0.604. The number of halogens is 1. The zero-order valence-corrected chi connectivity index (χ0v) is 24.7. The number of ether oxygens (including phenoxy) is 3. The highest BCUT2D eigenvalue weighted by molar-refractivity contribution is 5.88. The van der Waals surface area contributed by atoms with E-state index in [4.69, 9.17) is 14.2 Å². The van der Waals surface area contributed by atoms with Gasteiger partial charge in [0.1, 0.15) is 29.7 Å². The van der Waals surface area contributed by atoms with Crippen LogP contribution in [0.2, 0.25) is 0 Å². The number of amides is 1. The van der Waals surface area contributed by atoms with Crippen LogP contribution in [0, 0.1) is 12.7 Å². The van der Waals surface area contributed by atoms with Crippen LogP contribution in [0.25, 0.3) is 16.7 Å². The SMILES string of the molecule is CC/C=C(/C)c1c(NCC)ccc(-c2ccc(OC(=O)Nc3ccccc3)cc2OC)c1COc1cc(F)ccc1C. The first kappa shape index (κ1) is 30.2. The molecule has 0 atom stereocenters. The first-order chi connectivity index (χ1) is 20.3. The molecule has 0 aliphatic heterocycles. The molecule has 7 heteroatoms. The Bertz CT molecular complexity index is 1570. The Labute approximate surface area is 247 Å². The van der Waals surface area contributed by atoms with E-state index >= 15 is 0 Å². The molecule has 4 rings (SSSR count). The monoisotopic (exact) mass is 568 g/mol. The zero-order valence-electron chi connectivity index (χ0n) is 24.7. The number of benzene rings is 4. The summed E-state index contributed by atoms with van der Waals surface area (Å²) in [5.41, 5.74) is 7.20. The molecule has 0 aliphatic rings. The summed E-state index contributed by atoms with van der Waals surface area (Å²) in [5, 5.41) is 6.20. The summed E-state index contributed by atoms with van der Waals surface area (Å²) < 4.78 is 31.7. The standard InChI is InChI=1S/C35H37FN2O4/c1-6-11-24(4)34-30(22-41-32-20-25(36)15-14-23(32)3)28(18-19-31(34)37-7-2)29-17-16-27(21-33(29)40-5)42-35(39)38-26-12-9-8-10-13-26/h8-21,37H,6-7,22H2,1-5H3,(H,38,39)/b24-11-. The van der Waals surface area contributed by atoms with E-state index in [9.17, 15) is 9.18 Å². The van der Waals surface area contributed by atoms with Crippen LogP contribution in [0.1, 0.15) is 43.9 Å². The number of hydrogen-bond acceptors (Lipinski definition) is 5. The van der Waals surface area contributed by atoms with Crippen molar-refractivity contribution in [2.24, 2.45) is 0 Å². The third-order valence-corrected chi connectivity index (χ3v) is 6.80. The second kappa shape index (κ2) is 14.2. The van der Waals surface area contributed by atoms with E-state index in [0.717, 1.165) is 52.0 Å². The third kappa shape index (κ3) is 7.29. The molecule has 0 radical (unpaired) electrons. The molecular formula is C35H37FN2O4. The highest BCUT2D eigenvalue weighted by Crippen LogP contribution is 2.41. The Hall–Kier alpha value is -4.78. The topological polar surface area (TPSA) is 68.8 Å². The number of hydrogen-bond donors (Lipinski definition) is 2. The van der Waals surface area contributed by atoms with E-state index in [1.165, 1.54) is 12.1 Å². The van der Waals surface area contributed by atoms with Gasteiger partial charge in [-0.1, -0.05) is 43.3 Å². The van der Waals surface area contributed by atoms with Gasteiger partial charge in [0.25, 0.3) is 0 Å². The number of carbonyl (C=O) groups is 1. The molecule has 0 saturated carbocycles. The zero-order chi connectivity index (χ0) is 30.1. The Kier molecular flexibility index (Phi) is 10.2. The number of aryl methyl sites for hydroxylation is 1. The van der Waals surface area contributed by atoms with Gasteiger partial charge in [0.05, 0.1) is 7.11 Å². The van der Waals surface area contributed by atoms with Crippen LogP contribution in [-0.4, -0.2) is 19.7 Å². The Balaban J connectivity index is 1.77. The normalized spacial score (nSPS) is 11.1. The molecule has 0 bridgehead atoms. The van der Waals surface area contributed by atoms with Gasteiger partial charge in [-0.3, -0.25) is 5.32 Å². The van der Waals surface area contributed by atoms with Crippen LogP contribution in [0.4, 0.5) is 20.6 Å². The highest BCUT2D eigenvalue weighted by Gasteiger charge is 2.20. The van der Waals surface area contributed by atoms with Crippen molar-refractivity contribution in [2.45, 2.75) is 40.7 Å². The number of allylic oxidation sites excluding steroid dienone is 2. The summed E-state index contributed by atoms with van der Waals surface area (Å²) in [6.07, 6.45) is 2.44. The lowest BCUT2D eigenvalue weighted by Crippen LogP contribution is -2.16. The van der Waals surface area contributed by atoms with Crippen molar-refractivity contribution < 1.29 is 23.4 Å². The molecule has 6 nitrogen and oxygen atoms in total. The van der Waals surface area contributed by atoms with Gasteiger partial charge in [0.15, 0.2) is 0 Å². The van der Waals surface area contributed by atoms with E-state index < -0.39 is 6.09 Å². The highest BCUT2D eigenvalue weighted by atomic mass is 19.1. The van der Waals surface area contributed by atoms with Crippen LogP contribution < -0.4 is 24.8 Å². The summed E-state index contributed by atoms with van der Waals surface area (Å²) in [6, 6.07) is 23.0. The van der Waals surface area contributed by atoms with Gasteiger partial charge in [-0.25, -0.2) is 9.18 Å². The van der Waals surface area contributed by atoms with Crippen LogP contribution in [0.3, 0.4) is 0 Å². The number of anilines is 2. The van der Waals surface area contributed by atoms with E-state index in [2.05, 4.69) is 43.5 Å². The molecule has 4 aromatic carbocycles. The molecule has 218 valence electrons. The van der Waals surface area contributed by atoms with Crippen molar-refractivity contribution in [1.29, 1.82) is 0 Å². The predicted octanol–water partition coefficient (Wildman–Crippen LogP) is 9.24. The van der Waals surface area contributed by atoms with Gasteiger partial charge in [0.2, 0.25) is 0 Å². The number of methoxy groups -OCH3 is 1. The maximum Gasteiger partial charge on any atom is 0.417 e. The minimum Gasteiger partial charge on any atom is -0.496 e. The molecule has 0 aromatic heterocycles. The third-order valence-electron chi connectivity index (χ3n) is 6.80. The molecule has 0 heterocycles. The Morgan fingerprint density at radius 2 is 1.69 bits per heavy atom. The van der Waals surface area contributed by atoms with Crippen LogP contribution in [0.5, 0.6) is 17.2 Å². The predicted molar refractivity (Wildman–Crippen MR) is 168 cm³/mol. The fraction of sp³-hybridized carbons (Fsp3) is 0.229. The van der Waals surface area contributed by atoms with Gasteiger partial charge in [-0.15, -0.1) is 0 Å². The lowest BCUT2D eigenvalue weighted by molar-refractivity contribution is 0.215. The molecule has 0 unspecified atom stereocenters. The summed E-state index contributed by atoms with van der Waals surface area (Å²) in [5.74, 6) is 0.998. The summed E-state index contributed by atoms with van der Waals surface area (Å²) in [7, 11) is 1.58. The summed E-state index contributed by atoms with van der Waals surface area (Å²) in [6.45, 7) is 9.07. The number of rotatable bonds is 11. The first-order valence-corrected chi connectivity index (χ1v) is 14.0. The largest absolute Gasteiger partial charge is 0.496 e. The number of carbonyl (C=O) groups excluding carboxylic acids is 1. The average Bonchev–Trinajstić information content (AvgIpc) is 2.98. The molecule has 42 heavy (non-hydrogen) atoms. The lowest BCUT2D eigenvalue weighted by Gasteiger charge is -2.22. The molecule has 0 spiro atoms. The number of nitrogens with one attached hydrogen (secondary N) is 2. The summed E-state index contributed by atoms with van der Waals surface area (Å²) in [4.78, 5) is 12.5. The Morgan fingerprint density at radius 1 is 0.929 bits per heavy atom. The van der Waals surface area contributed by atoms with Crippen molar-refractivity contribution in [3.05, 3.63) is 107 Å². The smallest absolute Gasteiger partial charge is 0.417 e. The molecule has 0 saturated heterocycles. The van der Waals surface area contributed by atoms with E-state index in [0.29, 0.717) is 22.9 Å². The van der Waals surface area contributed by atoms with Crippen molar-refractivity contribution in [3.63, 3.8) is 0 Å². The molecule has 0 fully saturated rings. The average molecular weight is 569 g/mol. The van der Waals surface area contributed by atoms with Crippen molar-refractivity contribution >= 4 is 23.0 Å². The molecule has 1 amide bonds. The summed E-state index contributed by atoms with van der Waals surface area (Å²) >= 11 is 0. The Morgan fingerprint density at radius 3 is 2.40 bits per heavy atom. The maximum absolute atomic E-state index is 14.1. The minimum absolute atomic E-state index is 0.198.